The van der Waals surface area contributed by atoms with E-state index in [1.807, 2.05) is 0 Å². The standard InChI is InChI=1S/C16H14N4O4/c1-9-17-13-7-6-10(8-19(13)18-9)16(23)24-20-14(21)11-4-2-3-5-12(11)15(20)22/h2-5,10H,6-8H2,1H3. The minimum Gasteiger partial charge on any atom is -0.329 e. The van der Waals surface area contributed by atoms with Crippen LogP contribution in [0.1, 0.15) is 38.8 Å². The fraction of sp³-hybridized carbons (Fsp3) is 0.312. The van der Waals surface area contributed by atoms with Gasteiger partial charge in [0.1, 0.15) is 11.6 Å². The molecule has 0 saturated carbocycles. The van der Waals surface area contributed by atoms with Gasteiger partial charge in [0, 0.05) is 6.42 Å². The number of imide groups is 1. The van der Waals surface area contributed by atoms with Crippen molar-refractivity contribution in [2.24, 2.45) is 5.92 Å². The lowest BCUT2D eigenvalue weighted by atomic mass is 10.0. The number of rotatable bonds is 2. The first kappa shape index (κ1) is 14.6. The highest BCUT2D eigenvalue weighted by Gasteiger charge is 2.40. The summed E-state index contributed by atoms with van der Waals surface area (Å²) in [5.74, 6) is -0.822. The number of nitrogens with zero attached hydrogens (tertiary/aromatic N) is 4. The molecule has 1 aromatic carbocycles. The molecule has 0 bridgehead atoms. The van der Waals surface area contributed by atoms with Gasteiger partial charge in [-0.1, -0.05) is 17.2 Å². The van der Waals surface area contributed by atoms with Gasteiger partial charge in [-0.3, -0.25) is 9.59 Å². The molecule has 1 atom stereocenters. The maximum atomic E-state index is 12.4. The summed E-state index contributed by atoms with van der Waals surface area (Å²) < 4.78 is 1.67. The van der Waals surface area contributed by atoms with E-state index in [9.17, 15) is 14.4 Å². The molecule has 2 aliphatic rings. The molecule has 0 fully saturated rings. The summed E-state index contributed by atoms with van der Waals surface area (Å²) >= 11 is 0. The van der Waals surface area contributed by atoms with Crippen molar-refractivity contribution in [2.45, 2.75) is 26.3 Å². The zero-order chi connectivity index (χ0) is 16.8. The van der Waals surface area contributed by atoms with Crippen LogP contribution in [-0.2, 0) is 22.6 Å². The Labute approximate surface area is 137 Å². The summed E-state index contributed by atoms with van der Waals surface area (Å²) in [6.45, 7) is 2.12. The Balaban J connectivity index is 1.50. The minimum absolute atomic E-state index is 0.244. The number of aromatic nitrogens is 3. The lowest BCUT2D eigenvalue weighted by Crippen LogP contribution is -2.37. The van der Waals surface area contributed by atoms with Crippen LogP contribution >= 0.6 is 0 Å². The third-order valence-electron chi connectivity index (χ3n) is 4.24. The second-order valence-corrected chi connectivity index (χ2v) is 5.85. The molecule has 3 heterocycles. The molecule has 0 saturated heterocycles. The highest BCUT2D eigenvalue weighted by Crippen LogP contribution is 2.25. The molecular weight excluding hydrogens is 312 g/mol. The van der Waals surface area contributed by atoms with Gasteiger partial charge in [0.2, 0.25) is 0 Å². The van der Waals surface area contributed by atoms with Crippen LogP contribution in [0, 0.1) is 12.8 Å². The van der Waals surface area contributed by atoms with Crippen molar-refractivity contribution in [2.75, 3.05) is 0 Å². The Morgan fingerprint density at radius 1 is 1.21 bits per heavy atom. The highest BCUT2D eigenvalue weighted by molar-refractivity contribution is 6.20. The lowest BCUT2D eigenvalue weighted by molar-refractivity contribution is -0.175. The monoisotopic (exact) mass is 326 g/mol. The van der Waals surface area contributed by atoms with Crippen LogP contribution in [0.4, 0.5) is 0 Å². The second-order valence-electron chi connectivity index (χ2n) is 5.85. The Morgan fingerprint density at radius 2 is 1.88 bits per heavy atom. The number of benzene rings is 1. The van der Waals surface area contributed by atoms with Gasteiger partial charge >= 0.3 is 5.97 Å². The molecule has 2 aliphatic heterocycles. The summed E-state index contributed by atoms with van der Waals surface area (Å²) in [7, 11) is 0. The largest absolute Gasteiger partial charge is 0.338 e. The van der Waals surface area contributed by atoms with Gasteiger partial charge in [-0.15, -0.1) is 0 Å². The van der Waals surface area contributed by atoms with Crippen LogP contribution in [0.5, 0.6) is 0 Å². The van der Waals surface area contributed by atoms with Gasteiger partial charge < -0.3 is 4.84 Å². The van der Waals surface area contributed by atoms with Crippen LogP contribution in [-0.4, -0.2) is 37.6 Å². The summed E-state index contributed by atoms with van der Waals surface area (Å²) in [5, 5.41) is 4.78. The number of carbonyl (C=O) groups excluding carboxylic acids is 3. The molecule has 1 aromatic heterocycles. The van der Waals surface area contributed by atoms with Crippen molar-refractivity contribution in [1.82, 2.24) is 19.8 Å². The smallest absolute Gasteiger partial charge is 0.329 e. The Bertz CT molecular complexity index is 838. The van der Waals surface area contributed by atoms with Crippen LogP contribution < -0.4 is 0 Å². The van der Waals surface area contributed by atoms with E-state index in [-0.39, 0.29) is 11.1 Å². The summed E-state index contributed by atoms with van der Waals surface area (Å²) in [4.78, 5) is 46.2. The van der Waals surface area contributed by atoms with Crippen LogP contribution in [0.15, 0.2) is 24.3 Å². The predicted molar refractivity (Wildman–Crippen MR) is 79.6 cm³/mol. The molecule has 0 radical (unpaired) electrons. The Hall–Kier alpha value is -3.03. The average molecular weight is 326 g/mol. The van der Waals surface area contributed by atoms with Gasteiger partial charge in [-0.2, -0.15) is 5.10 Å². The van der Waals surface area contributed by atoms with E-state index in [0.717, 1.165) is 5.82 Å². The van der Waals surface area contributed by atoms with E-state index in [4.69, 9.17) is 4.84 Å². The molecule has 122 valence electrons. The van der Waals surface area contributed by atoms with Crippen LogP contribution in [0.25, 0.3) is 0 Å². The van der Waals surface area contributed by atoms with Crippen LogP contribution in [0.2, 0.25) is 0 Å². The lowest BCUT2D eigenvalue weighted by Gasteiger charge is -2.22. The zero-order valence-electron chi connectivity index (χ0n) is 12.9. The third-order valence-corrected chi connectivity index (χ3v) is 4.24. The van der Waals surface area contributed by atoms with Crippen molar-refractivity contribution >= 4 is 17.8 Å². The Kier molecular flexibility index (Phi) is 3.19. The molecule has 4 rings (SSSR count). The topological polar surface area (TPSA) is 94.4 Å². The van der Waals surface area contributed by atoms with Gasteiger partial charge in [-0.05, 0) is 25.5 Å². The van der Waals surface area contributed by atoms with E-state index >= 15 is 0 Å². The second kappa shape index (κ2) is 5.26. The zero-order valence-corrected chi connectivity index (χ0v) is 12.9. The molecular formula is C16H14N4O4. The number of amides is 2. The average Bonchev–Trinajstić information content (AvgIpc) is 3.07. The third kappa shape index (κ3) is 2.18. The normalized spacial score (nSPS) is 19.2. The van der Waals surface area contributed by atoms with E-state index < -0.39 is 23.7 Å². The molecule has 8 nitrogen and oxygen atoms in total. The first-order valence-corrected chi connectivity index (χ1v) is 7.64. The molecule has 8 heteroatoms. The fourth-order valence-electron chi connectivity index (χ4n) is 3.04. The quantitative estimate of drug-likeness (QED) is 0.761. The molecule has 1 unspecified atom stereocenters. The number of hydrogen-bond acceptors (Lipinski definition) is 6. The van der Waals surface area contributed by atoms with Crippen molar-refractivity contribution in [1.29, 1.82) is 0 Å². The molecule has 0 spiro atoms. The minimum atomic E-state index is -0.614. The highest BCUT2D eigenvalue weighted by atomic mass is 16.7. The Morgan fingerprint density at radius 3 is 2.54 bits per heavy atom. The fourth-order valence-corrected chi connectivity index (χ4v) is 3.04. The molecule has 0 aliphatic carbocycles. The number of hydroxylamine groups is 2. The summed E-state index contributed by atoms with van der Waals surface area (Å²) in [5.41, 5.74) is 0.487. The first-order chi connectivity index (χ1) is 11.5. The summed E-state index contributed by atoms with van der Waals surface area (Å²) in [6, 6.07) is 6.39. The molecule has 2 amide bonds. The van der Waals surface area contributed by atoms with Gasteiger partial charge in [-0.25, -0.2) is 14.5 Å². The van der Waals surface area contributed by atoms with E-state index in [1.54, 1.807) is 23.7 Å². The summed E-state index contributed by atoms with van der Waals surface area (Å²) in [6.07, 6.45) is 1.14. The van der Waals surface area contributed by atoms with E-state index in [2.05, 4.69) is 10.1 Å². The maximum absolute atomic E-state index is 12.4. The molecule has 2 aromatic rings. The van der Waals surface area contributed by atoms with Crippen molar-refractivity contribution < 1.29 is 19.2 Å². The number of hydrogen-bond donors (Lipinski definition) is 0. The van der Waals surface area contributed by atoms with Gasteiger partial charge in [0.15, 0.2) is 0 Å². The molecule has 24 heavy (non-hydrogen) atoms. The van der Waals surface area contributed by atoms with Crippen molar-refractivity contribution in [3.8, 4) is 0 Å². The SMILES string of the molecule is Cc1nc2n(n1)CC(C(=O)ON1C(=O)c3ccccc3C1=O)CC2. The number of aryl methyl sites for hydroxylation is 2. The first-order valence-electron chi connectivity index (χ1n) is 7.64. The predicted octanol–water partition coefficient (Wildman–Crippen LogP) is 0.903. The maximum Gasteiger partial charge on any atom is 0.338 e. The van der Waals surface area contributed by atoms with Crippen molar-refractivity contribution in [3.05, 3.63) is 47.0 Å². The van der Waals surface area contributed by atoms with Gasteiger partial charge in [0.05, 0.1) is 23.6 Å². The van der Waals surface area contributed by atoms with E-state index in [0.29, 0.717) is 30.3 Å². The van der Waals surface area contributed by atoms with Crippen molar-refractivity contribution in [3.63, 3.8) is 0 Å². The van der Waals surface area contributed by atoms with E-state index in [1.165, 1.54) is 12.1 Å². The van der Waals surface area contributed by atoms with Gasteiger partial charge in [0.25, 0.3) is 11.8 Å². The van der Waals surface area contributed by atoms with Crippen LogP contribution in [0.3, 0.4) is 0 Å². The number of fused-ring (bicyclic) bond motifs is 2. The molecule has 0 N–H and O–H groups in total. The number of carbonyl (C=O) groups is 3.